The summed E-state index contributed by atoms with van der Waals surface area (Å²) < 4.78 is 6.40. The predicted molar refractivity (Wildman–Crippen MR) is 86.4 cm³/mol. The van der Waals surface area contributed by atoms with Crippen molar-refractivity contribution in [3.05, 3.63) is 34.8 Å². The lowest BCUT2D eigenvalue weighted by atomic mass is 10.3. The number of nitrogens with one attached hydrogen (secondary N) is 1. The summed E-state index contributed by atoms with van der Waals surface area (Å²) in [5.74, 6) is 2.57. The predicted octanol–water partition coefficient (Wildman–Crippen LogP) is 3.82. The van der Waals surface area contributed by atoms with Gasteiger partial charge in [0.15, 0.2) is 0 Å². The molecule has 0 spiro atoms. The zero-order valence-electron chi connectivity index (χ0n) is 12.1. The standard InChI is InChI=1S/C15H19BrN4O/c1-2-7-17-15-18-9-13(16)14(19-15)20(11-5-6-11)10-12-4-3-8-21-12/h3-4,8-9,11H,2,5-7,10H2,1H3,(H,17,18,19). The smallest absolute Gasteiger partial charge is 0.224 e. The van der Waals surface area contributed by atoms with Gasteiger partial charge in [0, 0.05) is 18.8 Å². The van der Waals surface area contributed by atoms with E-state index >= 15 is 0 Å². The summed E-state index contributed by atoms with van der Waals surface area (Å²) >= 11 is 3.57. The molecule has 1 aliphatic carbocycles. The molecule has 0 aromatic carbocycles. The summed E-state index contributed by atoms with van der Waals surface area (Å²) in [6.45, 7) is 3.74. The second-order valence-corrected chi connectivity index (χ2v) is 6.08. The highest BCUT2D eigenvalue weighted by Crippen LogP contribution is 2.36. The SMILES string of the molecule is CCCNc1ncc(Br)c(N(Cc2ccco2)C2CC2)n1. The molecular weight excluding hydrogens is 332 g/mol. The van der Waals surface area contributed by atoms with Gasteiger partial charge in [0.2, 0.25) is 5.95 Å². The molecule has 0 atom stereocenters. The first-order valence-corrected chi connectivity index (χ1v) is 8.12. The Morgan fingerprint density at radius 1 is 1.48 bits per heavy atom. The molecule has 0 aliphatic heterocycles. The van der Waals surface area contributed by atoms with E-state index in [4.69, 9.17) is 4.42 Å². The molecule has 3 rings (SSSR count). The fraction of sp³-hybridized carbons (Fsp3) is 0.467. The lowest BCUT2D eigenvalue weighted by Crippen LogP contribution is -2.26. The van der Waals surface area contributed by atoms with Crippen LogP contribution in [0.2, 0.25) is 0 Å². The van der Waals surface area contributed by atoms with Crippen molar-refractivity contribution in [1.82, 2.24) is 9.97 Å². The average Bonchev–Trinajstić information content (AvgIpc) is 3.21. The van der Waals surface area contributed by atoms with Gasteiger partial charge in [-0.1, -0.05) is 6.92 Å². The summed E-state index contributed by atoms with van der Waals surface area (Å²) in [7, 11) is 0. The van der Waals surface area contributed by atoms with E-state index in [0.29, 0.717) is 12.0 Å². The molecule has 6 heteroatoms. The van der Waals surface area contributed by atoms with Crippen LogP contribution in [0.15, 0.2) is 33.5 Å². The molecule has 0 saturated heterocycles. The molecule has 21 heavy (non-hydrogen) atoms. The Morgan fingerprint density at radius 3 is 3.00 bits per heavy atom. The quantitative estimate of drug-likeness (QED) is 0.822. The van der Waals surface area contributed by atoms with Crippen LogP contribution in [0.1, 0.15) is 31.9 Å². The largest absolute Gasteiger partial charge is 0.467 e. The summed E-state index contributed by atoms with van der Waals surface area (Å²) in [4.78, 5) is 11.3. The summed E-state index contributed by atoms with van der Waals surface area (Å²) in [6.07, 6.45) is 6.98. The van der Waals surface area contributed by atoms with E-state index in [1.54, 1.807) is 6.26 Å². The molecule has 5 nitrogen and oxygen atoms in total. The van der Waals surface area contributed by atoms with Gasteiger partial charge in [0.25, 0.3) is 0 Å². The van der Waals surface area contributed by atoms with Crippen molar-refractivity contribution in [2.45, 2.75) is 38.8 Å². The Morgan fingerprint density at radius 2 is 2.33 bits per heavy atom. The molecule has 0 unspecified atom stereocenters. The third-order valence-corrected chi connectivity index (χ3v) is 3.98. The molecule has 1 saturated carbocycles. The first-order valence-electron chi connectivity index (χ1n) is 7.33. The highest BCUT2D eigenvalue weighted by Gasteiger charge is 2.32. The number of rotatable bonds is 7. The number of anilines is 2. The van der Waals surface area contributed by atoms with Crippen LogP contribution in [0.4, 0.5) is 11.8 Å². The second-order valence-electron chi connectivity index (χ2n) is 5.23. The van der Waals surface area contributed by atoms with Crippen molar-refractivity contribution in [3.8, 4) is 0 Å². The summed E-state index contributed by atoms with van der Waals surface area (Å²) in [5.41, 5.74) is 0. The number of furan rings is 1. The van der Waals surface area contributed by atoms with Crippen LogP contribution < -0.4 is 10.2 Å². The molecule has 0 bridgehead atoms. The highest BCUT2D eigenvalue weighted by atomic mass is 79.9. The van der Waals surface area contributed by atoms with E-state index in [0.717, 1.165) is 35.6 Å². The van der Waals surface area contributed by atoms with Gasteiger partial charge >= 0.3 is 0 Å². The minimum Gasteiger partial charge on any atom is -0.467 e. The average molecular weight is 351 g/mol. The van der Waals surface area contributed by atoms with Crippen molar-refractivity contribution >= 4 is 27.7 Å². The Labute approximate surface area is 132 Å². The minimum absolute atomic E-state index is 0.542. The number of hydrogen-bond acceptors (Lipinski definition) is 5. The van der Waals surface area contributed by atoms with E-state index in [2.05, 4.69) is 43.0 Å². The third kappa shape index (κ3) is 3.56. The number of halogens is 1. The van der Waals surface area contributed by atoms with Gasteiger partial charge in [-0.15, -0.1) is 0 Å². The first kappa shape index (κ1) is 14.4. The van der Waals surface area contributed by atoms with E-state index < -0.39 is 0 Å². The van der Waals surface area contributed by atoms with E-state index in [1.165, 1.54) is 12.8 Å². The zero-order chi connectivity index (χ0) is 14.7. The van der Waals surface area contributed by atoms with Gasteiger partial charge < -0.3 is 14.6 Å². The molecule has 1 fully saturated rings. The summed E-state index contributed by atoms with van der Waals surface area (Å²) in [6, 6.07) is 4.46. The maximum absolute atomic E-state index is 5.48. The monoisotopic (exact) mass is 350 g/mol. The van der Waals surface area contributed by atoms with Crippen LogP contribution in [0.5, 0.6) is 0 Å². The highest BCUT2D eigenvalue weighted by molar-refractivity contribution is 9.10. The lowest BCUT2D eigenvalue weighted by Gasteiger charge is -2.23. The molecule has 1 aliphatic rings. The molecule has 2 heterocycles. The molecule has 0 amide bonds. The lowest BCUT2D eigenvalue weighted by molar-refractivity contribution is 0.500. The fourth-order valence-electron chi connectivity index (χ4n) is 2.22. The number of hydrogen-bond donors (Lipinski definition) is 1. The summed E-state index contributed by atoms with van der Waals surface area (Å²) in [5, 5.41) is 3.24. The minimum atomic E-state index is 0.542. The van der Waals surface area contributed by atoms with Crippen molar-refractivity contribution in [3.63, 3.8) is 0 Å². The zero-order valence-corrected chi connectivity index (χ0v) is 13.6. The molecule has 0 radical (unpaired) electrons. The van der Waals surface area contributed by atoms with Crippen molar-refractivity contribution in [1.29, 1.82) is 0 Å². The Bertz CT molecular complexity index is 583. The van der Waals surface area contributed by atoms with E-state index in [1.807, 2.05) is 18.3 Å². The van der Waals surface area contributed by atoms with Crippen LogP contribution in [-0.2, 0) is 6.54 Å². The van der Waals surface area contributed by atoms with Gasteiger partial charge in [0.05, 0.1) is 17.3 Å². The maximum Gasteiger partial charge on any atom is 0.224 e. The maximum atomic E-state index is 5.48. The number of nitrogens with zero attached hydrogens (tertiary/aromatic N) is 3. The van der Waals surface area contributed by atoms with Gasteiger partial charge in [-0.05, 0) is 47.3 Å². The van der Waals surface area contributed by atoms with Crippen molar-refractivity contribution in [2.75, 3.05) is 16.8 Å². The Balaban J connectivity index is 1.84. The Hall–Kier alpha value is -1.56. The van der Waals surface area contributed by atoms with Gasteiger partial charge in [-0.3, -0.25) is 0 Å². The first-order chi connectivity index (χ1) is 10.3. The molecule has 2 aromatic rings. The fourth-order valence-corrected chi connectivity index (χ4v) is 2.63. The molecule has 1 N–H and O–H groups in total. The Kier molecular flexibility index (Phi) is 4.43. The molecule has 112 valence electrons. The number of aromatic nitrogens is 2. The van der Waals surface area contributed by atoms with Gasteiger partial charge in [0.1, 0.15) is 11.6 Å². The van der Waals surface area contributed by atoms with Crippen LogP contribution in [-0.4, -0.2) is 22.6 Å². The van der Waals surface area contributed by atoms with Crippen LogP contribution >= 0.6 is 15.9 Å². The normalized spacial score (nSPS) is 14.2. The van der Waals surface area contributed by atoms with Crippen LogP contribution in [0.25, 0.3) is 0 Å². The van der Waals surface area contributed by atoms with Gasteiger partial charge in [-0.25, -0.2) is 4.98 Å². The topological polar surface area (TPSA) is 54.2 Å². The van der Waals surface area contributed by atoms with Crippen LogP contribution in [0, 0.1) is 0 Å². The van der Waals surface area contributed by atoms with Crippen molar-refractivity contribution < 1.29 is 4.42 Å². The van der Waals surface area contributed by atoms with Crippen LogP contribution in [0.3, 0.4) is 0 Å². The second kappa shape index (κ2) is 6.47. The molecule has 2 aromatic heterocycles. The third-order valence-electron chi connectivity index (χ3n) is 3.42. The van der Waals surface area contributed by atoms with E-state index in [9.17, 15) is 0 Å². The van der Waals surface area contributed by atoms with Gasteiger partial charge in [-0.2, -0.15) is 4.98 Å². The van der Waals surface area contributed by atoms with E-state index in [-0.39, 0.29) is 0 Å². The van der Waals surface area contributed by atoms with Crippen molar-refractivity contribution in [2.24, 2.45) is 0 Å². The molecular formula is C15H19BrN4O.